The normalized spacial score (nSPS) is 15.7. The maximum atomic E-state index is 12.9. The minimum Gasteiger partial charge on any atom is -0.481 e. The highest BCUT2D eigenvalue weighted by Crippen LogP contribution is 2.31. The lowest BCUT2D eigenvalue weighted by atomic mass is 9.97. The molecule has 1 saturated heterocycles. The molecule has 1 aliphatic rings. The van der Waals surface area contributed by atoms with E-state index in [0.717, 1.165) is 12.1 Å². The lowest BCUT2D eigenvalue weighted by Crippen LogP contribution is -2.45. The molecule has 2 amide bonds. The van der Waals surface area contributed by atoms with Gasteiger partial charge in [0.2, 0.25) is 5.91 Å². The molecule has 25 heavy (non-hydrogen) atoms. The number of aliphatic carboxylic acids is 1. The van der Waals surface area contributed by atoms with Gasteiger partial charge < -0.3 is 15.3 Å². The van der Waals surface area contributed by atoms with E-state index in [9.17, 15) is 27.6 Å². The Hall–Kier alpha value is -2.58. The van der Waals surface area contributed by atoms with Gasteiger partial charge in [-0.3, -0.25) is 14.4 Å². The number of carboxylic acids is 1. The van der Waals surface area contributed by atoms with Gasteiger partial charge in [-0.1, -0.05) is 12.1 Å². The summed E-state index contributed by atoms with van der Waals surface area (Å²) in [6.07, 6.45) is -4.05. The molecule has 2 rings (SSSR count). The third kappa shape index (κ3) is 4.71. The number of carbonyl (C=O) groups excluding carboxylic acids is 2. The molecule has 0 radical (unpaired) electrons. The zero-order valence-electron chi connectivity index (χ0n) is 13.2. The standard InChI is InChI=1S/C16H17F3N2O4/c17-16(18,19)12-4-2-1-3-11(12)14(23)20-9-13(22)21-7-5-10(6-8-21)15(24)25/h1-4,10H,5-9H2,(H,20,23)(H,24,25). The number of amides is 2. The van der Waals surface area contributed by atoms with E-state index in [1.165, 1.54) is 17.0 Å². The van der Waals surface area contributed by atoms with Crippen LogP contribution in [0, 0.1) is 5.92 Å². The molecule has 6 nitrogen and oxygen atoms in total. The van der Waals surface area contributed by atoms with Crippen molar-refractivity contribution in [2.75, 3.05) is 19.6 Å². The Morgan fingerprint density at radius 2 is 1.76 bits per heavy atom. The van der Waals surface area contributed by atoms with E-state index in [-0.39, 0.29) is 13.1 Å². The van der Waals surface area contributed by atoms with Crippen molar-refractivity contribution in [2.24, 2.45) is 5.92 Å². The molecule has 9 heteroatoms. The van der Waals surface area contributed by atoms with Crippen molar-refractivity contribution in [3.05, 3.63) is 35.4 Å². The molecule has 1 aromatic rings. The number of nitrogens with one attached hydrogen (secondary N) is 1. The average Bonchev–Trinajstić information content (AvgIpc) is 2.58. The smallest absolute Gasteiger partial charge is 0.417 e. The van der Waals surface area contributed by atoms with Crippen molar-refractivity contribution in [1.82, 2.24) is 10.2 Å². The maximum Gasteiger partial charge on any atom is 0.417 e. The van der Waals surface area contributed by atoms with Crippen LogP contribution in [-0.4, -0.2) is 47.4 Å². The minimum atomic E-state index is -4.67. The number of rotatable bonds is 4. The second kappa shape index (κ2) is 7.54. The van der Waals surface area contributed by atoms with Gasteiger partial charge >= 0.3 is 12.1 Å². The summed E-state index contributed by atoms with van der Waals surface area (Å²) in [7, 11) is 0. The van der Waals surface area contributed by atoms with Gasteiger partial charge in [-0.25, -0.2) is 0 Å². The number of hydrogen-bond acceptors (Lipinski definition) is 3. The van der Waals surface area contributed by atoms with Gasteiger partial charge in [-0.15, -0.1) is 0 Å². The van der Waals surface area contributed by atoms with E-state index >= 15 is 0 Å². The van der Waals surface area contributed by atoms with Gasteiger partial charge in [0.05, 0.1) is 23.6 Å². The summed E-state index contributed by atoms with van der Waals surface area (Å²) < 4.78 is 38.7. The molecule has 1 fully saturated rings. The molecule has 0 atom stereocenters. The third-order valence-corrected chi connectivity index (χ3v) is 4.07. The zero-order valence-corrected chi connectivity index (χ0v) is 13.2. The lowest BCUT2D eigenvalue weighted by Gasteiger charge is -2.30. The predicted molar refractivity (Wildman–Crippen MR) is 80.7 cm³/mol. The number of piperidine rings is 1. The molecule has 1 aromatic carbocycles. The largest absolute Gasteiger partial charge is 0.481 e. The van der Waals surface area contributed by atoms with Crippen LogP contribution in [0.4, 0.5) is 13.2 Å². The number of hydrogen-bond donors (Lipinski definition) is 2. The molecule has 0 aliphatic carbocycles. The molecule has 1 aliphatic heterocycles. The molecule has 1 heterocycles. The minimum absolute atomic E-state index is 0.241. The lowest BCUT2D eigenvalue weighted by molar-refractivity contribution is -0.145. The quantitative estimate of drug-likeness (QED) is 0.859. The second-order valence-corrected chi connectivity index (χ2v) is 5.72. The van der Waals surface area contributed by atoms with Crippen LogP contribution >= 0.6 is 0 Å². The number of carbonyl (C=O) groups is 3. The van der Waals surface area contributed by atoms with Gasteiger partial charge in [0.25, 0.3) is 5.91 Å². The van der Waals surface area contributed by atoms with E-state index in [1.807, 2.05) is 0 Å². The highest BCUT2D eigenvalue weighted by molar-refractivity contribution is 5.97. The summed E-state index contributed by atoms with van der Waals surface area (Å²) in [5, 5.41) is 11.1. The summed E-state index contributed by atoms with van der Waals surface area (Å²) in [5.41, 5.74) is -1.62. The molecule has 0 unspecified atom stereocenters. The third-order valence-electron chi connectivity index (χ3n) is 4.07. The fourth-order valence-electron chi connectivity index (χ4n) is 2.67. The zero-order chi connectivity index (χ0) is 18.6. The Labute approximate surface area is 141 Å². The average molecular weight is 358 g/mol. The predicted octanol–water partition coefficient (Wildman–Crippen LogP) is 1.76. The van der Waals surface area contributed by atoms with Gasteiger partial charge in [-0.2, -0.15) is 13.2 Å². The van der Waals surface area contributed by atoms with Crippen LogP contribution in [0.5, 0.6) is 0 Å². The van der Waals surface area contributed by atoms with Gasteiger partial charge in [-0.05, 0) is 25.0 Å². The first kappa shape index (κ1) is 18.8. The van der Waals surface area contributed by atoms with Crippen LogP contribution in [-0.2, 0) is 15.8 Å². The summed E-state index contributed by atoms with van der Waals surface area (Å²) in [6, 6.07) is 4.33. The first-order chi connectivity index (χ1) is 11.7. The number of benzene rings is 1. The van der Waals surface area contributed by atoms with E-state index in [2.05, 4.69) is 5.32 Å². The molecule has 2 N–H and O–H groups in total. The fraction of sp³-hybridized carbons (Fsp3) is 0.438. The van der Waals surface area contributed by atoms with Crippen LogP contribution in [0.15, 0.2) is 24.3 Å². The Bertz CT molecular complexity index is 668. The molecule has 0 saturated carbocycles. The molecular weight excluding hydrogens is 341 g/mol. The SMILES string of the molecule is O=C(NCC(=O)N1CCC(C(=O)O)CC1)c1ccccc1C(F)(F)F. The Morgan fingerprint density at radius 1 is 1.16 bits per heavy atom. The van der Waals surface area contributed by atoms with Crippen LogP contribution in [0.2, 0.25) is 0 Å². The van der Waals surface area contributed by atoms with Gasteiger partial charge in [0.1, 0.15) is 0 Å². The first-order valence-electron chi connectivity index (χ1n) is 7.65. The summed E-state index contributed by atoms with van der Waals surface area (Å²) in [4.78, 5) is 36.3. The van der Waals surface area contributed by atoms with Crippen molar-refractivity contribution >= 4 is 17.8 Å². The van der Waals surface area contributed by atoms with Crippen LogP contribution < -0.4 is 5.32 Å². The van der Waals surface area contributed by atoms with Gasteiger partial charge in [0, 0.05) is 13.1 Å². The molecule has 0 spiro atoms. The van der Waals surface area contributed by atoms with Crippen molar-refractivity contribution < 1.29 is 32.7 Å². The van der Waals surface area contributed by atoms with Gasteiger partial charge in [0.15, 0.2) is 0 Å². The highest BCUT2D eigenvalue weighted by Gasteiger charge is 2.35. The monoisotopic (exact) mass is 358 g/mol. The number of halogens is 3. The summed E-state index contributed by atoms with van der Waals surface area (Å²) in [5.74, 6) is -2.86. The van der Waals surface area contributed by atoms with Crippen LogP contribution in [0.3, 0.4) is 0 Å². The number of alkyl halides is 3. The second-order valence-electron chi connectivity index (χ2n) is 5.72. The van der Waals surface area contributed by atoms with Crippen LogP contribution in [0.25, 0.3) is 0 Å². The number of likely N-dealkylation sites (tertiary alicyclic amines) is 1. The first-order valence-corrected chi connectivity index (χ1v) is 7.65. The summed E-state index contributed by atoms with van der Waals surface area (Å²) >= 11 is 0. The maximum absolute atomic E-state index is 12.9. The van der Waals surface area contributed by atoms with E-state index in [1.54, 1.807) is 0 Å². The molecule has 136 valence electrons. The highest BCUT2D eigenvalue weighted by atomic mass is 19.4. The van der Waals surface area contributed by atoms with E-state index < -0.39 is 47.5 Å². The van der Waals surface area contributed by atoms with Crippen LogP contribution in [0.1, 0.15) is 28.8 Å². The topological polar surface area (TPSA) is 86.7 Å². The van der Waals surface area contributed by atoms with Crippen molar-refractivity contribution in [3.63, 3.8) is 0 Å². The Kier molecular flexibility index (Phi) is 5.66. The molecule has 0 bridgehead atoms. The van der Waals surface area contributed by atoms with E-state index in [0.29, 0.717) is 12.8 Å². The van der Waals surface area contributed by atoms with Crippen molar-refractivity contribution in [3.8, 4) is 0 Å². The number of carboxylic acid groups (broad SMARTS) is 1. The van der Waals surface area contributed by atoms with E-state index in [4.69, 9.17) is 5.11 Å². The Balaban J connectivity index is 1.93. The van der Waals surface area contributed by atoms with Crippen molar-refractivity contribution in [2.45, 2.75) is 19.0 Å². The fourth-order valence-corrected chi connectivity index (χ4v) is 2.67. The number of nitrogens with zero attached hydrogens (tertiary/aromatic N) is 1. The van der Waals surface area contributed by atoms with Crippen molar-refractivity contribution in [1.29, 1.82) is 0 Å². The molecule has 0 aromatic heterocycles. The Morgan fingerprint density at radius 3 is 2.32 bits per heavy atom. The summed E-state index contributed by atoms with van der Waals surface area (Å²) in [6.45, 7) is 0.0401. The molecular formula is C16H17F3N2O4.